The average Bonchev–Trinajstić information content (AvgIpc) is 3.08. The van der Waals surface area contributed by atoms with Gasteiger partial charge in [0.15, 0.2) is 0 Å². The Morgan fingerprint density at radius 2 is 1.92 bits per heavy atom. The van der Waals surface area contributed by atoms with Crippen molar-refractivity contribution in [2.24, 2.45) is 0 Å². The van der Waals surface area contributed by atoms with Gasteiger partial charge in [0.1, 0.15) is 36.2 Å². The Kier molecular flexibility index (Phi) is 5.47. The first-order valence-corrected chi connectivity index (χ1v) is 8.66. The average molecular weight is 362 g/mol. The molecule has 0 saturated carbocycles. The predicted molar refractivity (Wildman–Crippen MR) is 98.1 cm³/mol. The molecule has 0 aliphatic rings. The van der Waals surface area contributed by atoms with Gasteiger partial charge in [-0.15, -0.1) is 11.3 Å². The summed E-state index contributed by atoms with van der Waals surface area (Å²) in [6.07, 6.45) is -2.69. The van der Waals surface area contributed by atoms with Crippen LogP contribution in [0.4, 0.5) is 10.1 Å². The lowest BCUT2D eigenvalue weighted by molar-refractivity contribution is -0.0186. The minimum Gasteiger partial charge on any atom is -0.491 e. The van der Waals surface area contributed by atoms with Gasteiger partial charge in [0, 0.05) is 18.3 Å². The Hall–Kier alpha value is -2.22. The van der Waals surface area contributed by atoms with Crippen molar-refractivity contribution in [1.29, 1.82) is 0 Å². The van der Waals surface area contributed by atoms with E-state index < -0.39 is 18.9 Å². The van der Waals surface area contributed by atoms with Crippen LogP contribution in [0.15, 0.2) is 42.5 Å². The third kappa shape index (κ3) is 4.07. The zero-order chi connectivity index (χ0) is 17.8. The van der Waals surface area contributed by atoms with E-state index in [0.717, 1.165) is 26.5 Å². The number of aromatic nitrogens is 1. The number of hydrogen-bond acceptors (Lipinski definition) is 6. The van der Waals surface area contributed by atoms with E-state index in [0.29, 0.717) is 5.75 Å². The van der Waals surface area contributed by atoms with Crippen LogP contribution < -0.4 is 10.1 Å². The van der Waals surface area contributed by atoms with Gasteiger partial charge < -0.3 is 20.3 Å². The molecule has 3 rings (SSSR count). The van der Waals surface area contributed by atoms with Crippen LogP contribution >= 0.6 is 11.3 Å². The van der Waals surface area contributed by atoms with E-state index >= 15 is 0 Å². The van der Waals surface area contributed by atoms with Crippen molar-refractivity contribution in [3.05, 3.63) is 42.5 Å². The number of aliphatic hydroxyl groups is 2. The first-order valence-electron chi connectivity index (χ1n) is 7.84. The molecule has 132 valence electrons. The number of nitrogens with zero attached hydrogens (tertiary/aromatic N) is 1. The van der Waals surface area contributed by atoms with E-state index in [1.54, 1.807) is 6.07 Å². The van der Waals surface area contributed by atoms with E-state index in [-0.39, 0.29) is 6.61 Å². The van der Waals surface area contributed by atoms with Crippen LogP contribution in [0, 0.1) is 0 Å². The number of ether oxygens (including phenoxy) is 1. The second kappa shape index (κ2) is 7.77. The molecule has 2 unspecified atom stereocenters. The largest absolute Gasteiger partial charge is 0.491 e. The van der Waals surface area contributed by atoms with Crippen molar-refractivity contribution in [1.82, 2.24) is 4.98 Å². The van der Waals surface area contributed by atoms with Crippen molar-refractivity contribution in [3.8, 4) is 16.3 Å². The minimum absolute atomic E-state index is 0.173. The predicted octanol–water partition coefficient (Wildman–Crippen LogP) is 3.08. The molecule has 0 bridgehead atoms. The quantitative estimate of drug-likeness (QED) is 0.602. The maximum Gasteiger partial charge on any atom is 0.124 e. The highest BCUT2D eigenvalue weighted by Crippen LogP contribution is 2.32. The first kappa shape index (κ1) is 17.6. The number of benzene rings is 2. The second-order valence-electron chi connectivity index (χ2n) is 5.58. The Bertz CT molecular complexity index is 838. The fourth-order valence-corrected chi connectivity index (χ4v) is 3.29. The molecule has 0 radical (unpaired) electrons. The third-order valence-corrected chi connectivity index (χ3v) is 4.87. The van der Waals surface area contributed by atoms with Crippen LogP contribution in [0.3, 0.4) is 0 Å². The van der Waals surface area contributed by atoms with E-state index in [2.05, 4.69) is 10.3 Å². The number of halogens is 1. The molecule has 7 heteroatoms. The molecule has 0 saturated heterocycles. The molecule has 0 amide bonds. The van der Waals surface area contributed by atoms with Gasteiger partial charge in [-0.1, -0.05) is 0 Å². The second-order valence-corrected chi connectivity index (χ2v) is 6.61. The summed E-state index contributed by atoms with van der Waals surface area (Å²) in [6, 6.07) is 13.4. The third-order valence-electron chi connectivity index (χ3n) is 3.80. The standard InChI is InChI=1S/C18H19FN2O3S/c1-20-12-4-2-11(3-5-12)18-21-14-7-6-13(8-17(14)25-18)24-10-16(23)15(22)9-19/h2-8,15-16,20,22-23H,9-10H2,1H3. The maximum atomic E-state index is 12.3. The number of rotatable bonds is 7. The smallest absolute Gasteiger partial charge is 0.124 e. The minimum atomic E-state index is -1.43. The van der Waals surface area contributed by atoms with Gasteiger partial charge in [-0.05, 0) is 42.5 Å². The molecule has 2 aromatic carbocycles. The van der Waals surface area contributed by atoms with Crippen LogP contribution in [-0.4, -0.2) is 47.7 Å². The SMILES string of the molecule is CNc1ccc(-c2nc3ccc(OCC(O)C(O)CF)cc3s2)cc1. The number of hydrogen-bond donors (Lipinski definition) is 3. The number of anilines is 1. The van der Waals surface area contributed by atoms with Gasteiger partial charge >= 0.3 is 0 Å². The van der Waals surface area contributed by atoms with Gasteiger partial charge in [0.2, 0.25) is 0 Å². The van der Waals surface area contributed by atoms with Gasteiger partial charge in [-0.2, -0.15) is 0 Å². The zero-order valence-corrected chi connectivity index (χ0v) is 14.5. The van der Waals surface area contributed by atoms with Gasteiger partial charge in [0.05, 0.1) is 10.2 Å². The topological polar surface area (TPSA) is 74.6 Å². The highest BCUT2D eigenvalue weighted by molar-refractivity contribution is 7.21. The number of alkyl halides is 1. The molecule has 2 atom stereocenters. The van der Waals surface area contributed by atoms with Gasteiger partial charge in [0.25, 0.3) is 0 Å². The van der Waals surface area contributed by atoms with Gasteiger partial charge in [-0.25, -0.2) is 9.37 Å². The van der Waals surface area contributed by atoms with Crippen molar-refractivity contribution < 1.29 is 19.3 Å². The van der Waals surface area contributed by atoms with E-state index in [1.165, 1.54) is 11.3 Å². The highest BCUT2D eigenvalue weighted by atomic mass is 32.1. The van der Waals surface area contributed by atoms with Crippen LogP contribution in [-0.2, 0) is 0 Å². The molecule has 0 spiro atoms. The molecule has 1 heterocycles. The number of thiazole rings is 1. The van der Waals surface area contributed by atoms with Crippen molar-refractivity contribution in [3.63, 3.8) is 0 Å². The molecule has 0 aliphatic heterocycles. The molecule has 0 fully saturated rings. The van der Waals surface area contributed by atoms with E-state index in [1.807, 2.05) is 43.4 Å². The molecular weight excluding hydrogens is 343 g/mol. The molecule has 1 aromatic heterocycles. The lowest BCUT2D eigenvalue weighted by Crippen LogP contribution is -2.33. The fourth-order valence-electron chi connectivity index (χ4n) is 2.29. The summed E-state index contributed by atoms with van der Waals surface area (Å²) < 4.78 is 18.7. The number of fused-ring (bicyclic) bond motifs is 1. The Morgan fingerprint density at radius 1 is 1.16 bits per heavy atom. The normalized spacial score (nSPS) is 13.6. The number of nitrogens with one attached hydrogen (secondary N) is 1. The summed E-state index contributed by atoms with van der Waals surface area (Å²) in [5.74, 6) is 0.540. The molecule has 25 heavy (non-hydrogen) atoms. The lowest BCUT2D eigenvalue weighted by Gasteiger charge is -2.15. The van der Waals surface area contributed by atoms with Crippen LogP contribution in [0.1, 0.15) is 0 Å². The first-order chi connectivity index (χ1) is 12.1. The van der Waals surface area contributed by atoms with Crippen LogP contribution in [0.2, 0.25) is 0 Å². The summed E-state index contributed by atoms with van der Waals surface area (Å²) in [5.41, 5.74) is 2.92. The van der Waals surface area contributed by atoms with Crippen LogP contribution in [0.25, 0.3) is 20.8 Å². The molecular formula is C18H19FN2O3S. The number of aliphatic hydroxyl groups excluding tert-OH is 2. The molecule has 3 N–H and O–H groups in total. The summed E-state index contributed by atoms with van der Waals surface area (Å²) in [7, 11) is 1.87. The molecule has 5 nitrogen and oxygen atoms in total. The summed E-state index contributed by atoms with van der Waals surface area (Å²) in [5, 5.41) is 22.8. The highest BCUT2D eigenvalue weighted by Gasteiger charge is 2.17. The summed E-state index contributed by atoms with van der Waals surface area (Å²) in [6.45, 7) is -1.18. The van der Waals surface area contributed by atoms with E-state index in [4.69, 9.17) is 4.74 Å². The van der Waals surface area contributed by atoms with Crippen molar-refractivity contribution >= 4 is 27.2 Å². The molecule has 3 aromatic rings. The lowest BCUT2D eigenvalue weighted by atomic mass is 10.2. The summed E-state index contributed by atoms with van der Waals surface area (Å²) in [4.78, 5) is 4.62. The van der Waals surface area contributed by atoms with Crippen LogP contribution in [0.5, 0.6) is 5.75 Å². The Balaban J connectivity index is 1.76. The fraction of sp³-hybridized carbons (Fsp3) is 0.278. The Morgan fingerprint density at radius 3 is 2.60 bits per heavy atom. The zero-order valence-electron chi connectivity index (χ0n) is 13.6. The monoisotopic (exact) mass is 362 g/mol. The van der Waals surface area contributed by atoms with Gasteiger partial charge in [-0.3, -0.25) is 0 Å². The van der Waals surface area contributed by atoms with Crippen molar-refractivity contribution in [2.75, 3.05) is 25.6 Å². The summed E-state index contributed by atoms with van der Waals surface area (Å²) >= 11 is 1.54. The Labute approximate surface area is 148 Å². The maximum absolute atomic E-state index is 12.3. The van der Waals surface area contributed by atoms with E-state index in [9.17, 15) is 14.6 Å². The van der Waals surface area contributed by atoms with Crippen molar-refractivity contribution in [2.45, 2.75) is 12.2 Å². The molecule has 0 aliphatic carbocycles.